The Kier molecular flexibility index (Phi) is 6.74. The van der Waals surface area contributed by atoms with E-state index in [4.69, 9.17) is 18.9 Å². The molecule has 0 aromatic rings. The molecule has 10 nitrogen and oxygen atoms in total. The molecule has 0 aromatic heterocycles. The number of methoxy groups -OCH3 is 1. The van der Waals surface area contributed by atoms with Gasteiger partial charge in [-0.3, -0.25) is 19.2 Å². The summed E-state index contributed by atoms with van der Waals surface area (Å²) in [5.74, 6) is -4.97. The molecule has 2 bridgehead atoms. The Morgan fingerprint density at radius 2 is 1.89 bits per heavy atom. The highest BCUT2D eigenvalue weighted by atomic mass is 16.8. The van der Waals surface area contributed by atoms with Crippen molar-refractivity contribution in [1.29, 1.82) is 0 Å². The summed E-state index contributed by atoms with van der Waals surface area (Å²) in [5.41, 5.74) is -0.676. The summed E-state index contributed by atoms with van der Waals surface area (Å²) in [6.45, 7) is 8.96. The smallest absolute Gasteiger partial charge is 0.316 e. The number of ketones is 2. The van der Waals surface area contributed by atoms with Crippen molar-refractivity contribution in [2.75, 3.05) is 13.7 Å². The van der Waals surface area contributed by atoms with E-state index in [1.165, 1.54) is 13.2 Å². The van der Waals surface area contributed by atoms with Crippen LogP contribution < -0.4 is 5.32 Å². The van der Waals surface area contributed by atoms with Crippen molar-refractivity contribution >= 4 is 23.4 Å². The first kappa shape index (κ1) is 26.2. The summed E-state index contributed by atoms with van der Waals surface area (Å²) < 4.78 is 24.0. The zero-order chi connectivity index (χ0) is 26.6. The first-order valence-corrected chi connectivity index (χ1v) is 12.1. The van der Waals surface area contributed by atoms with Gasteiger partial charge in [0.2, 0.25) is 5.79 Å². The van der Waals surface area contributed by atoms with Crippen molar-refractivity contribution < 1.29 is 43.2 Å². The summed E-state index contributed by atoms with van der Waals surface area (Å²) in [6, 6.07) is 0. The third kappa shape index (κ3) is 4.01. The summed E-state index contributed by atoms with van der Waals surface area (Å²) in [6.07, 6.45) is 3.03. The van der Waals surface area contributed by atoms with E-state index in [-0.39, 0.29) is 36.2 Å². The fourth-order valence-electron chi connectivity index (χ4n) is 6.00. The Bertz CT molecular complexity index is 1070. The maximum atomic E-state index is 13.1. The number of aliphatic hydroxyl groups excluding tert-OH is 1. The van der Waals surface area contributed by atoms with E-state index in [0.29, 0.717) is 0 Å². The third-order valence-corrected chi connectivity index (χ3v) is 7.67. The van der Waals surface area contributed by atoms with Gasteiger partial charge in [-0.25, -0.2) is 0 Å². The van der Waals surface area contributed by atoms with Gasteiger partial charge in [-0.05, 0) is 26.8 Å². The van der Waals surface area contributed by atoms with E-state index in [1.807, 2.05) is 19.9 Å². The van der Waals surface area contributed by atoms with Gasteiger partial charge in [-0.15, -0.1) is 0 Å². The highest BCUT2D eigenvalue weighted by Crippen LogP contribution is 2.57. The van der Waals surface area contributed by atoms with Crippen LogP contribution in [0.3, 0.4) is 0 Å². The molecule has 4 saturated heterocycles. The Hall–Kier alpha value is -2.82. The van der Waals surface area contributed by atoms with Gasteiger partial charge in [0.05, 0.1) is 25.9 Å². The van der Waals surface area contributed by atoms with Gasteiger partial charge in [0.1, 0.15) is 29.0 Å². The molecule has 0 radical (unpaired) electrons. The van der Waals surface area contributed by atoms with Gasteiger partial charge in [0, 0.05) is 18.3 Å². The molecule has 1 spiro atoms. The number of esters is 1. The number of hydrogen-bond donors (Lipinski definition) is 2. The summed E-state index contributed by atoms with van der Waals surface area (Å²) in [5, 5.41) is 12.6. The molecule has 36 heavy (non-hydrogen) atoms. The Morgan fingerprint density at radius 1 is 1.19 bits per heavy atom. The second-order valence-electron chi connectivity index (χ2n) is 10.3. The molecule has 4 aliphatic heterocycles. The van der Waals surface area contributed by atoms with Crippen LogP contribution in [0.2, 0.25) is 0 Å². The predicted molar refractivity (Wildman–Crippen MR) is 125 cm³/mol. The zero-order valence-corrected chi connectivity index (χ0v) is 21.3. The van der Waals surface area contributed by atoms with Crippen LogP contribution in [0.15, 0.2) is 35.1 Å². The molecule has 4 aliphatic rings. The third-order valence-electron chi connectivity index (χ3n) is 7.67. The predicted octanol–water partition coefficient (Wildman–Crippen LogP) is 1.69. The van der Waals surface area contributed by atoms with Crippen LogP contribution in [0, 0.1) is 17.8 Å². The van der Waals surface area contributed by atoms with E-state index >= 15 is 0 Å². The number of nitrogens with one attached hydrogen (secondary N) is 1. The van der Waals surface area contributed by atoms with Crippen molar-refractivity contribution in [2.45, 2.75) is 70.7 Å². The molecule has 0 aromatic carbocycles. The van der Waals surface area contributed by atoms with E-state index in [2.05, 4.69) is 5.32 Å². The maximum absolute atomic E-state index is 13.1. The second-order valence-corrected chi connectivity index (χ2v) is 10.3. The molecular formula is C26H33NO9. The van der Waals surface area contributed by atoms with Crippen LogP contribution in [0.5, 0.6) is 0 Å². The average molecular weight is 504 g/mol. The van der Waals surface area contributed by atoms with Gasteiger partial charge in [0.25, 0.3) is 5.91 Å². The minimum Gasteiger partial charge on any atom is -0.507 e. The molecule has 4 rings (SSSR count). The topological polar surface area (TPSA) is 137 Å². The SMILES string of the molecule is COC(=O)C1C(C)OC2(C)CC(=O)C3OC12OC(C(C)/C=C(C)/C=C/C(O)=C1\C(=O)CNC1=O)C3C. The molecule has 4 heterocycles. The highest BCUT2D eigenvalue weighted by Gasteiger charge is 2.74. The lowest BCUT2D eigenvalue weighted by atomic mass is 9.73. The number of aliphatic hydroxyl groups is 1. The number of fused-ring (bicyclic) bond motifs is 1. The van der Waals surface area contributed by atoms with Gasteiger partial charge < -0.3 is 29.4 Å². The zero-order valence-electron chi connectivity index (χ0n) is 21.3. The van der Waals surface area contributed by atoms with Crippen LogP contribution in [0.4, 0.5) is 0 Å². The van der Waals surface area contributed by atoms with Crippen molar-refractivity contribution in [3.63, 3.8) is 0 Å². The molecule has 8 atom stereocenters. The van der Waals surface area contributed by atoms with E-state index in [1.54, 1.807) is 26.8 Å². The van der Waals surface area contributed by atoms with Crippen molar-refractivity contribution in [1.82, 2.24) is 5.32 Å². The minimum absolute atomic E-state index is 0.0682. The lowest BCUT2D eigenvalue weighted by molar-refractivity contribution is -0.387. The number of hydrogen-bond acceptors (Lipinski definition) is 9. The first-order chi connectivity index (χ1) is 16.8. The standard InChI is InChI=1S/C26H33NO9/c1-12(7-8-16(28)19-18(30)11-27-23(19)31)9-13(2)21-14(3)22-17(29)10-25(5)26(35-21,36-22)20(15(4)34-25)24(32)33-6/h7-9,13-15,20-22,28H,10-11H2,1-6H3,(H,27,31)/b8-7+,12-9+,19-16-. The van der Waals surface area contributed by atoms with E-state index in [0.717, 1.165) is 5.57 Å². The Morgan fingerprint density at radius 3 is 2.50 bits per heavy atom. The quantitative estimate of drug-likeness (QED) is 0.189. The van der Waals surface area contributed by atoms with Crippen molar-refractivity contribution in [3.8, 4) is 0 Å². The van der Waals surface area contributed by atoms with Gasteiger partial charge >= 0.3 is 5.97 Å². The fraction of sp³-hybridized carbons (Fsp3) is 0.615. The molecule has 1 amide bonds. The van der Waals surface area contributed by atoms with Crippen LogP contribution in [-0.2, 0) is 38.1 Å². The summed E-state index contributed by atoms with van der Waals surface area (Å²) in [4.78, 5) is 49.4. The monoisotopic (exact) mass is 503 g/mol. The minimum atomic E-state index is -1.47. The average Bonchev–Trinajstić information content (AvgIpc) is 3.25. The first-order valence-electron chi connectivity index (χ1n) is 12.1. The Balaban J connectivity index is 1.63. The molecule has 4 fully saturated rings. The molecular weight excluding hydrogens is 470 g/mol. The molecule has 196 valence electrons. The largest absolute Gasteiger partial charge is 0.507 e. The number of allylic oxidation sites excluding steroid dienone is 3. The lowest BCUT2D eigenvalue weighted by Crippen LogP contribution is -2.71. The molecule has 2 N–H and O–H groups in total. The fourth-order valence-corrected chi connectivity index (χ4v) is 6.00. The molecule has 0 aliphatic carbocycles. The van der Waals surface area contributed by atoms with Crippen LogP contribution in [-0.4, -0.2) is 71.9 Å². The Labute approximate surface area is 209 Å². The lowest BCUT2D eigenvalue weighted by Gasteiger charge is -2.56. The highest BCUT2D eigenvalue weighted by molar-refractivity contribution is 6.25. The number of carbonyl (C=O) groups is 4. The van der Waals surface area contributed by atoms with Crippen LogP contribution >= 0.6 is 0 Å². The maximum Gasteiger partial charge on any atom is 0.316 e. The summed E-state index contributed by atoms with van der Waals surface area (Å²) in [7, 11) is 1.30. The number of rotatable bonds is 5. The molecule has 8 unspecified atom stereocenters. The number of Topliss-reactive ketones (excluding diaryl/α,β-unsaturated/α-hetero) is 2. The van der Waals surface area contributed by atoms with Gasteiger partial charge in [0.15, 0.2) is 11.6 Å². The molecule has 10 heteroatoms. The normalized spacial score (nSPS) is 40.8. The van der Waals surface area contributed by atoms with Crippen molar-refractivity contribution in [3.05, 3.63) is 35.1 Å². The van der Waals surface area contributed by atoms with E-state index in [9.17, 15) is 24.3 Å². The molecule has 0 saturated carbocycles. The van der Waals surface area contributed by atoms with Gasteiger partial charge in [-0.1, -0.05) is 31.6 Å². The van der Waals surface area contributed by atoms with Gasteiger partial charge in [-0.2, -0.15) is 0 Å². The van der Waals surface area contributed by atoms with E-state index < -0.39 is 59.0 Å². The number of amides is 1. The second kappa shape index (κ2) is 9.24. The van der Waals surface area contributed by atoms with Crippen LogP contribution in [0.25, 0.3) is 0 Å². The number of ether oxygens (including phenoxy) is 4. The summed E-state index contributed by atoms with van der Waals surface area (Å²) >= 11 is 0. The van der Waals surface area contributed by atoms with Crippen LogP contribution in [0.1, 0.15) is 41.0 Å². The number of carbonyl (C=O) groups excluding carboxylic acids is 4. The van der Waals surface area contributed by atoms with Crippen molar-refractivity contribution in [2.24, 2.45) is 17.8 Å².